The lowest BCUT2D eigenvalue weighted by Crippen LogP contribution is -2.14. The summed E-state index contributed by atoms with van der Waals surface area (Å²) >= 11 is 0. The smallest absolute Gasteiger partial charge is 0.348 e. The highest BCUT2D eigenvalue weighted by molar-refractivity contribution is 6.00. The van der Waals surface area contributed by atoms with E-state index in [9.17, 15) is 9.90 Å². The van der Waals surface area contributed by atoms with E-state index >= 15 is 0 Å². The van der Waals surface area contributed by atoms with Crippen LogP contribution in [0.15, 0.2) is 38.6 Å². The number of aromatic hydroxyl groups is 1. The van der Waals surface area contributed by atoms with Gasteiger partial charge < -0.3 is 9.52 Å². The molecule has 0 aliphatic heterocycles. The van der Waals surface area contributed by atoms with Gasteiger partial charge in [-0.3, -0.25) is 5.43 Å². The van der Waals surface area contributed by atoms with Crippen molar-refractivity contribution in [2.45, 2.75) is 27.7 Å². The first-order chi connectivity index (χ1) is 9.90. The highest BCUT2D eigenvalue weighted by Crippen LogP contribution is 2.19. The molecule has 0 aliphatic carbocycles. The summed E-state index contributed by atoms with van der Waals surface area (Å²) in [5.74, 6) is 0.226. The maximum Gasteiger partial charge on any atom is 0.348 e. The number of nitrogens with one attached hydrogen (secondary N) is 1. The number of anilines is 1. The first-order valence-electron chi connectivity index (χ1n) is 6.60. The molecular weight excluding hydrogens is 268 g/mol. The van der Waals surface area contributed by atoms with E-state index in [1.54, 1.807) is 13.8 Å². The Morgan fingerprint density at radius 2 is 2.00 bits per heavy atom. The third-order valence-corrected chi connectivity index (χ3v) is 3.36. The molecule has 2 N–H and O–H groups in total. The van der Waals surface area contributed by atoms with Crippen molar-refractivity contribution in [3.8, 4) is 5.75 Å². The van der Waals surface area contributed by atoms with E-state index in [1.807, 2.05) is 32.0 Å². The van der Waals surface area contributed by atoms with E-state index < -0.39 is 5.63 Å². The van der Waals surface area contributed by atoms with Gasteiger partial charge in [0.2, 0.25) is 0 Å². The summed E-state index contributed by atoms with van der Waals surface area (Å²) in [6.07, 6.45) is 0. The van der Waals surface area contributed by atoms with Gasteiger partial charge in [0.1, 0.15) is 17.1 Å². The van der Waals surface area contributed by atoms with Crippen molar-refractivity contribution in [3.63, 3.8) is 0 Å². The summed E-state index contributed by atoms with van der Waals surface area (Å²) in [5.41, 5.74) is 5.82. The first kappa shape index (κ1) is 14.8. The van der Waals surface area contributed by atoms with Crippen molar-refractivity contribution in [2.24, 2.45) is 5.10 Å². The van der Waals surface area contributed by atoms with Crippen molar-refractivity contribution >= 4 is 11.4 Å². The molecule has 1 aromatic heterocycles. The van der Waals surface area contributed by atoms with Gasteiger partial charge in [0.25, 0.3) is 0 Å². The number of hydrazone groups is 1. The van der Waals surface area contributed by atoms with Gasteiger partial charge in [0.15, 0.2) is 0 Å². The molecule has 0 amide bonds. The second-order valence-corrected chi connectivity index (χ2v) is 4.96. The molecule has 0 saturated heterocycles. The van der Waals surface area contributed by atoms with E-state index in [2.05, 4.69) is 10.5 Å². The topological polar surface area (TPSA) is 74.8 Å². The molecule has 1 aromatic carbocycles. The molecule has 1 heterocycles. The van der Waals surface area contributed by atoms with Crippen LogP contribution in [0.4, 0.5) is 5.69 Å². The molecule has 0 radical (unpaired) electrons. The molecule has 0 atom stereocenters. The quantitative estimate of drug-likeness (QED) is 0.671. The van der Waals surface area contributed by atoms with Crippen molar-refractivity contribution in [3.05, 3.63) is 57.1 Å². The Hall–Kier alpha value is -2.56. The molecule has 0 unspecified atom stereocenters. The lowest BCUT2D eigenvalue weighted by Gasteiger charge is -2.09. The number of benzene rings is 1. The van der Waals surface area contributed by atoms with Crippen molar-refractivity contribution in [1.29, 1.82) is 0 Å². The van der Waals surface area contributed by atoms with Crippen molar-refractivity contribution in [2.75, 3.05) is 5.43 Å². The fourth-order valence-electron chi connectivity index (χ4n) is 2.00. The van der Waals surface area contributed by atoms with Crippen LogP contribution in [0.5, 0.6) is 5.75 Å². The van der Waals surface area contributed by atoms with Crippen LogP contribution in [0, 0.1) is 20.8 Å². The summed E-state index contributed by atoms with van der Waals surface area (Å²) in [7, 11) is 0. The Labute approximate surface area is 122 Å². The molecule has 110 valence electrons. The van der Waals surface area contributed by atoms with Gasteiger partial charge in [-0.15, -0.1) is 0 Å². The maximum absolute atomic E-state index is 11.8. The van der Waals surface area contributed by atoms with E-state index in [0.29, 0.717) is 11.5 Å². The van der Waals surface area contributed by atoms with E-state index in [1.165, 1.54) is 6.07 Å². The third-order valence-electron chi connectivity index (χ3n) is 3.36. The average molecular weight is 286 g/mol. The zero-order chi connectivity index (χ0) is 15.6. The molecule has 2 rings (SSSR count). The standard InChI is InChI=1S/C16H18N2O3/c1-9-6-5-7-13(11(9)3)18-17-12(4)15-14(19)8-10(2)21-16(15)20/h5-8,18-19H,1-4H3/b17-12+. The molecular formula is C16H18N2O3. The normalized spacial score (nSPS) is 11.5. The summed E-state index contributed by atoms with van der Waals surface area (Å²) in [6.45, 7) is 7.24. The zero-order valence-corrected chi connectivity index (χ0v) is 12.5. The van der Waals surface area contributed by atoms with Crippen LogP contribution >= 0.6 is 0 Å². The maximum atomic E-state index is 11.8. The highest BCUT2D eigenvalue weighted by Gasteiger charge is 2.13. The molecule has 5 nitrogen and oxygen atoms in total. The van der Waals surface area contributed by atoms with Gasteiger partial charge in [-0.25, -0.2) is 4.79 Å². The van der Waals surface area contributed by atoms with Gasteiger partial charge in [0.05, 0.1) is 11.4 Å². The molecule has 0 saturated carbocycles. The Morgan fingerprint density at radius 3 is 2.67 bits per heavy atom. The summed E-state index contributed by atoms with van der Waals surface area (Å²) < 4.78 is 4.98. The Bertz CT molecular complexity index is 761. The Balaban J connectivity index is 2.35. The fraction of sp³-hybridized carbons (Fsp3) is 0.250. The van der Waals surface area contributed by atoms with Crippen LogP contribution in [-0.2, 0) is 0 Å². The van der Waals surface area contributed by atoms with E-state index in [0.717, 1.165) is 16.8 Å². The minimum Gasteiger partial charge on any atom is -0.507 e. The summed E-state index contributed by atoms with van der Waals surface area (Å²) in [4.78, 5) is 11.8. The summed E-state index contributed by atoms with van der Waals surface area (Å²) in [5, 5.41) is 14.0. The molecule has 2 aromatic rings. The molecule has 0 fully saturated rings. The van der Waals surface area contributed by atoms with Gasteiger partial charge in [0, 0.05) is 6.07 Å². The Morgan fingerprint density at radius 1 is 1.29 bits per heavy atom. The first-order valence-corrected chi connectivity index (χ1v) is 6.60. The number of hydrogen-bond donors (Lipinski definition) is 2. The lowest BCUT2D eigenvalue weighted by atomic mass is 10.1. The monoisotopic (exact) mass is 286 g/mol. The predicted octanol–water partition coefficient (Wildman–Crippen LogP) is 3.11. The molecule has 0 spiro atoms. The van der Waals surface area contributed by atoms with Gasteiger partial charge in [-0.1, -0.05) is 12.1 Å². The third kappa shape index (κ3) is 3.13. The predicted molar refractivity (Wildman–Crippen MR) is 83.1 cm³/mol. The second kappa shape index (κ2) is 5.83. The fourth-order valence-corrected chi connectivity index (χ4v) is 2.00. The SMILES string of the molecule is C/C(=N\Nc1cccc(C)c1C)c1c(O)cc(C)oc1=O. The number of rotatable bonds is 3. The second-order valence-electron chi connectivity index (χ2n) is 4.96. The van der Waals surface area contributed by atoms with E-state index in [-0.39, 0.29) is 11.3 Å². The lowest BCUT2D eigenvalue weighted by molar-refractivity contribution is 0.432. The number of aryl methyl sites for hydroxylation is 2. The summed E-state index contributed by atoms with van der Waals surface area (Å²) in [6, 6.07) is 7.23. The number of nitrogens with zero attached hydrogens (tertiary/aromatic N) is 1. The van der Waals surface area contributed by atoms with Crippen LogP contribution in [0.1, 0.15) is 29.4 Å². The zero-order valence-electron chi connectivity index (χ0n) is 12.5. The molecule has 0 aliphatic rings. The number of hydrogen-bond acceptors (Lipinski definition) is 5. The van der Waals surface area contributed by atoms with Crippen LogP contribution in [0.3, 0.4) is 0 Å². The van der Waals surface area contributed by atoms with Gasteiger partial charge >= 0.3 is 5.63 Å². The highest BCUT2D eigenvalue weighted by atomic mass is 16.4. The van der Waals surface area contributed by atoms with Gasteiger partial charge in [-0.2, -0.15) is 5.10 Å². The minimum atomic E-state index is -0.600. The minimum absolute atomic E-state index is 0.0680. The average Bonchev–Trinajstić information content (AvgIpc) is 2.39. The largest absolute Gasteiger partial charge is 0.507 e. The van der Waals surface area contributed by atoms with Crippen LogP contribution in [-0.4, -0.2) is 10.8 Å². The van der Waals surface area contributed by atoms with Crippen molar-refractivity contribution in [1.82, 2.24) is 0 Å². The van der Waals surface area contributed by atoms with Crippen LogP contribution < -0.4 is 11.1 Å². The van der Waals surface area contributed by atoms with Crippen LogP contribution in [0.2, 0.25) is 0 Å². The Kier molecular flexibility index (Phi) is 4.12. The van der Waals surface area contributed by atoms with Crippen LogP contribution in [0.25, 0.3) is 0 Å². The molecule has 0 bridgehead atoms. The van der Waals surface area contributed by atoms with E-state index in [4.69, 9.17) is 4.42 Å². The van der Waals surface area contributed by atoms with Crippen molar-refractivity contribution < 1.29 is 9.52 Å². The molecule has 21 heavy (non-hydrogen) atoms. The molecule has 5 heteroatoms. The van der Waals surface area contributed by atoms with Gasteiger partial charge in [-0.05, 0) is 44.9 Å².